The Labute approximate surface area is 243 Å². The van der Waals surface area contributed by atoms with Crippen LogP contribution in [0.3, 0.4) is 0 Å². The number of fused-ring (bicyclic) bond motifs is 1. The number of pyridine rings is 3. The number of hydrogen-bond acceptors (Lipinski definition) is 9. The maximum Gasteiger partial charge on any atom is 0.547 e. The Morgan fingerprint density at radius 2 is 1.64 bits per heavy atom. The van der Waals surface area contributed by atoms with Gasteiger partial charge in [0.2, 0.25) is 5.91 Å². The van der Waals surface area contributed by atoms with Gasteiger partial charge in [-0.05, 0) is 53.9 Å². The van der Waals surface area contributed by atoms with Crippen LogP contribution < -0.4 is 14.7 Å². The second kappa shape index (κ2) is 13.2. The summed E-state index contributed by atoms with van der Waals surface area (Å²) in [4.78, 5) is 40.3. The van der Waals surface area contributed by atoms with Gasteiger partial charge in [-0.15, -0.1) is 0 Å². The van der Waals surface area contributed by atoms with Gasteiger partial charge >= 0.3 is 13.1 Å². The van der Waals surface area contributed by atoms with E-state index in [9.17, 15) is 19.7 Å². The molecule has 3 N–H and O–H groups in total. The maximum absolute atomic E-state index is 12.8. The zero-order valence-corrected chi connectivity index (χ0v) is 23.0. The minimum absolute atomic E-state index is 0.0415. The molecule has 0 unspecified atom stereocenters. The predicted molar refractivity (Wildman–Crippen MR) is 154 cm³/mol. The fourth-order valence-electron chi connectivity index (χ4n) is 4.87. The molecule has 12 heteroatoms. The van der Waals surface area contributed by atoms with Crippen LogP contribution in [-0.2, 0) is 37.3 Å². The van der Waals surface area contributed by atoms with E-state index in [0.717, 1.165) is 17.1 Å². The van der Waals surface area contributed by atoms with Crippen molar-refractivity contribution in [1.29, 1.82) is 0 Å². The number of ether oxygens (including phenoxy) is 1. The standard InChI is InChI=1S/C30H30BN5O6/c1-41-25-11-9-21-15-26(31(40)42-29(21)28(25)30(38)39)35-27(37)14-20-8-10-24(34-16-20)19-36(17-22-6-2-4-12-32-22)18-23-7-3-5-13-33-23/h2-13,16,26,40H,14-15,17-19H2,1H3,(H,35,37)(H,38,39)/t26-/m0/s1. The Morgan fingerprint density at radius 3 is 2.19 bits per heavy atom. The summed E-state index contributed by atoms with van der Waals surface area (Å²) in [6, 6.07) is 18.6. The van der Waals surface area contributed by atoms with Gasteiger partial charge < -0.3 is 24.8 Å². The third-order valence-electron chi connectivity index (χ3n) is 6.86. The minimum atomic E-state index is -1.42. The molecule has 1 atom stereocenters. The average Bonchev–Trinajstić information content (AvgIpc) is 2.99. The molecular formula is C30H30BN5O6. The highest BCUT2D eigenvalue weighted by atomic mass is 16.5. The number of nitrogens with one attached hydrogen (secondary N) is 1. The van der Waals surface area contributed by atoms with Crippen LogP contribution in [0.2, 0.25) is 0 Å². The predicted octanol–water partition coefficient (Wildman–Crippen LogP) is 2.46. The van der Waals surface area contributed by atoms with E-state index in [-0.39, 0.29) is 35.8 Å². The van der Waals surface area contributed by atoms with E-state index in [1.807, 2.05) is 48.5 Å². The molecular weight excluding hydrogens is 537 g/mol. The quantitative estimate of drug-likeness (QED) is 0.231. The highest BCUT2D eigenvalue weighted by Gasteiger charge is 2.38. The second-order valence-corrected chi connectivity index (χ2v) is 9.94. The van der Waals surface area contributed by atoms with Crippen LogP contribution in [0, 0.1) is 0 Å². The number of benzene rings is 1. The van der Waals surface area contributed by atoms with Gasteiger partial charge in [0.05, 0.1) is 36.6 Å². The Kier molecular flexibility index (Phi) is 9.05. The topological polar surface area (TPSA) is 147 Å². The van der Waals surface area contributed by atoms with E-state index in [1.54, 1.807) is 24.7 Å². The molecule has 3 aromatic heterocycles. The number of hydrogen-bond donors (Lipinski definition) is 3. The van der Waals surface area contributed by atoms with E-state index >= 15 is 0 Å². The van der Waals surface area contributed by atoms with Crippen molar-refractivity contribution < 1.29 is 29.1 Å². The van der Waals surface area contributed by atoms with Gasteiger partial charge in [0.25, 0.3) is 0 Å². The number of carboxylic acid groups (broad SMARTS) is 1. The Morgan fingerprint density at radius 1 is 0.976 bits per heavy atom. The van der Waals surface area contributed by atoms with E-state index in [2.05, 4.69) is 25.2 Å². The first-order chi connectivity index (χ1) is 20.4. The van der Waals surface area contributed by atoms with Gasteiger partial charge in [0.1, 0.15) is 17.1 Å². The highest BCUT2D eigenvalue weighted by molar-refractivity contribution is 6.47. The van der Waals surface area contributed by atoms with Gasteiger partial charge in [-0.25, -0.2) is 4.79 Å². The smallest absolute Gasteiger partial charge is 0.534 e. The molecule has 42 heavy (non-hydrogen) atoms. The molecule has 0 spiro atoms. The summed E-state index contributed by atoms with van der Waals surface area (Å²) in [7, 11) is -0.0606. The molecule has 0 bridgehead atoms. The number of aromatic carboxylic acids is 1. The summed E-state index contributed by atoms with van der Waals surface area (Å²) in [6.45, 7) is 1.81. The third kappa shape index (κ3) is 7.09. The number of carbonyl (C=O) groups is 2. The fraction of sp³-hybridized carbons (Fsp3) is 0.233. The summed E-state index contributed by atoms with van der Waals surface area (Å²) >= 11 is 0. The van der Waals surface area contributed by atoms with Crippen LogP contribution in [0.4, 0.5) is 0 Å². The number of methoxy groups -OCH3 is 1. The number of carboxylic acids is 1. The van der Waals surface area contributed by atoms with Crippen LogP contribution in [0.1, 0.15) is 38.6 Å². The molecule has 4 aromatic rings. The molecule has 0 fully saturated rings. The lowest BCUT2D eigenvalue weighted by Crippen LogP contribution is -2.53. The van der Waals surface area contributed by atoms with E-state index in [4.69, 9.17) is 9.39 Å². The molecule has 5 rings (SSSR count). The van der Waals surface area contributed by atoms with E-state index in [1.165, 1.54) is 13.2 Å². The SMILES string of the molecule is COc1ccc2c(c1C(=O)O)OB(O)[C@@H](NC(=O)Cc1ccc(CN(Cc3ccccn3)Cc3ccccn3)nc1)C2. The van der Waals surface area contributed by atoms with Gasteiger partial charge in [-0.3, -0.25) is 24.6 Å². The molecule has 0 aliphatic carbocycles. The first kappa shape index (κ1) is 28.7. The van der Waals surface area contributed by atoms with Crippen molar-refractivity contribution in [2.75, 3.05) is 7.11 Å². The maximum atomic E-state index is 12.8. The lowest BCUT2D eigenvalue weighted by Gasteiger charge is -2.29. The monoisotopic (exact) mass is 567 g/mol. The largest absolute Gasteiger partial charge is 0.547 e. The van der Waals surface area contributed by atoms with Crippen LogP contribution >= 0.6 is 0 Å². The highest BCUT2D eigenvalue weighted by Crippen LogP contribution is 2.36. The zero-order valence-electron chi connectivity index (χ0n) is 23.0. The molecule has 0 radical (unpaired) electrons. The number of amides is 1. The van der Waals surface area contributed by atoms with Gasteiger partial charge in [0.15, 0.2) is 0 Å². The number of rotatable bonds is 11. The Bertz CT molecular complexity index is 1480. The molecule has 0 saturated carbocycles. The van der Waals surface area contributed by atoms with Crippen LogP contribution in [0.15, 0.2) is 79.3 Å². The average molecular weight is 567 g/mol. The van der Waals surface area contributed by atoms with Gasteiger partial charge in [-0.2, -0.15) is 0 Å². The minimum Gasteiger partial charge on any atom is -0.534 e. The first-order valence-corrected chi connectivity index (χ1v) is 13.4. The second-order valence-electron chi connectivity index (χ2n) is 9.94. The third-order valence-corrected chi connectivity index (χ3v) is 6.86. The molecule has 4 heterocycles. The molecule has 1 aliphatic rings. The van der Waals surface area contributed by atoms with Crippen molar-refractivity contribution >= 4 is 19.0 Å². The number of aromatic nitrogens is 3. The van der Waals surface area contributed by atoms with Gasteiger partial charge in [0, 0.05) is 38.2 Å². The van der Waals surface area contributed by atoms with Crippen molar-refractivity contribution in [3.63, 3.8) is 0 Å². The summed E-state index contributed by atoms with van der Waals surface area (Å²) < 4.78 is 10.6. The molecule has 11 nitrogen and oxygen atoms in total. The lowest BCUT2D eigenvalue weighted by molar-refractivity contribution is -0.120. The molecule has 1 aliphatic heterocycles. The van der Waals surface area contributed by atoms with E-state index < -0.39 is 19.0 Å². The van der Waals surface area contributed by atoms with Crippen molar-refractivity contribution in [3.05, 3.63) is 113 Å². The first-order valence-electron chi connectivity index (χ1n) is 13.4. The van der Waals surface area contributed by atoms with Crippen molar-refractivity contribution in [3.8, 4) is 11.5 Å². The molecule has 1 aromatic carbocycles. The van der Waals surface area contributed by atoms with Crippen LogP contribution in [-0.4, -0.2) is 62.0 Å². The number of nitrogens with zero attached hydrogens (tertiary/aromatic N) is 4. The van der Waals surface area contributed by atoms with E-state index in [0.29, 0.717) is 30.8 Å². The zero-order chi connectivity index (χ0) is 29.5. The molecule has 214 valence electrons. The van der Waals surface area contributed by atoms with Crippen molar-refractivity contribution in [2.24, 2.45) is 0 Å². The van der Waals surface area contributed by atoms with Crippen molar-refractivity contribution in [2.45, 2.75) is 38.4 Å². The lowest BCUT2D eigenvalue weighted by atomic mass is 9.72. The summed E-state index contributed by atoms with van der Waals surface area (Å²) in [6.07, 6.45) is 5.47. The normalized spacial score (nSPS) is 14.2. The number of carbonyl (C=O) groups excluding carboxylic acids is 1. The van der Waals surface area contributed by atoms with Crippen molar-refractivity contribution in [1.82, 2.24) is 25.2 Å². The van der Waals surface area contributed by atoms with Crippen LogP contribution in [0.25, 0.3) is 0 Å². The Hall–Kier alpha value is -4.81. The molecule has 0 saturated heterocycles. The molecule has 1 amide bonds. The Balaban J connectivity index is 1.21. The fourth-order valence-corrected chi connectivity index (χ4v) is 4.87. The summed E-state index contributed by atoms with van der Waals surface area (Å²) in [5, 5.41) is 22.9. The summed E-state index contributed by atoms with van der Waals surface area (Å²) in [5.74, 6) is -2.13. The van der Waals surface area contributed by atoms with Gasteiger partial charge in [-0.1, -0.05) is 24.3 Å². The van der Waals surface area contributed by atoms with Crippen LogP contribution in [0.5, 0.6) is 11.5 Å². The summed E-state index contributed by atoms with van der Waals surface area (Å²) in [5.41, 5.74) is 3.82.